The van der Waals surface area contributed by atoms with Gasteiger partial charge in [0.15, 0.2) is 0 Å². The fraction of sp³-hybridized carbons (Fsp3) is 0.500. The second kappa shape index (κ2) is 5.59. The third-order valence-electron chi connectivity index (χ3n) is 3.09. The summed E-state index contributed by atoms with van der Waals surface area (Å²) in [6.45, 7) is 2.41. The van der Waals surface area contributed by atoms with E-state index in [1.807, 2.05) is 12.1 Å². The Bertz CT molecular complexity index is 519. The molecule has 1 atom stereocenters. The second-order valence-electron chi connectivity index (χ2n) is 4.70. The topological polar surface area (TPSA) is 49.4 Å². The Morgan fingerprint density at radius 3 is 2.94 bits per heavy atom. The van der Waals surface area contributed by atoms with Crippen LogP contribution in [0.4, 0.5) is 5.69 Å². The zero-order valence-corrected chi connectivity index (χ0v) is 12.7. The molecule has 1 heterocycles. The van der Waals surface area contributed by atoms with E-state index < -0.39 is 10.0 Å². The van der Waals surface area contributed by atoms with Gasteiger partial charge in [-0.25, -0.2) is 13.1 Å². The highest BCUT2D eigenvalue weighted by Crippen LogP contribution is 2.25. The van der Waals surface area contributed by atoms with Crippen LogP contribution >= 0.6 is 15.9 Å². The second-order valence-corrected chi connectivity index (χ2v) is 7.45. The lowest BCUT2D eigenvalue weighted by Crippen LogP contribution is -2.30. The lowest BCUT2D eigenvalue weighted by molar-refractivity contribution is 0.545. The molecule has 0 aliphatic carbocycles. The first kappa shape index (κ1) is 13.8. The van der Waals surface area contributed by atoms with Crippen molar-refractivity contribution < 1.29 is 8.42 Å². The minimum Gasteiger partial charge on any atom is -0.371 e. The third kappa shape index (κ3) is 3.96. The van der Waals surface area contributed by atoms with Crippen molar-refractivity contribution in [3.05, 3.63) is 28.7 Å². The summed E-state index contributed by atoms with van der Waals surface area (Å²) in [6.07, 6.45) is 2.23. The summed E-state index contributed by atoms with van der Waals surface area (Å²) >= 11 is 3.46. The van der Waals surface area contributed by atoms with Gasteiger partial charge in [-0.15, -0.1) is 0 Å². The Morgan fingerprint density at radius 1 is 1.50 bits per heavy atom. The van der Waals surface area contributed by atoms with Gasteiger partial charge in [-0.2, -0.15) is 0 Å². The molecule has 0 radical (unpaired) electrons. The van der Waals surface area contributed by atoms with E-state index in [1.54, 1.807) is 0 Å². The van der Waals surface area contributed by atoms with Crippen molar-refractivity contribution in [2.45, 2.75) is 6.42 Å². The SMILES string of the molecule is CS(=O)(=O)NCC1CCN(c2cccc(Br)c2)C1. The number of benzene rings is 1. The molecule has 1 N–H and O–H groups in total. The molecule has 100 valence electrons. The molecule has 1 aromatic rings. The van der Waals surface area contributed by atoms with Crippen molar-refractivity contribution in [2.24, 2.45) is 5.92 Å². The fourth-order valence-corrected chi connectivity index (χ4v) is 3.10. The van der Waals surface area contributed by atoms with Crippen molar-refractivity contribution in [3.8, 4) is 0 Å². The number of anilines is 1. The van der Waals surface area contributed by atoms with Crippen LogP contribution in [0.15, 0.2) is 28.7 Å². The molecule has 1 aliphatic heterocycles. The van der Waals surface area contributed by atoms with Crippen LogP contribution in [-0.4, -0.2) is 34.3 Å². The van der Waals surface area contributed by atoms with Gasteiger partial charge < -0.3 is 4.90 Å². The molecule has 6 heteroatoms. The van der Waals surface area contributed by atoms with E-state index in [0.29, 0.717) is 12.5 Å². The maximum atomic E-state index is 11.1. The van der Waals surface area contributed by atoms with Crippen LogP contribution < -0.4 is 9.62 Å². The minimum atomic E-state index is -3.08. The maximum Gasteiger partial charge on any atom is 0.208 e. The predicted molar refractivity (Wildman–Crippen MR) is 77.3 cm³/mol. The third-order valence-corrected chi connectivity index (χ3v) is 4.28. The highest BCUT2D eigenvalue weighted by molar-refractivity contribution is 9.10. The molecule has 0 spiro atoms. The number of rotatable bonds is 4. The molecule has 18 heavy (non-hydrogen) atoms. The Morgan fingerprint density at radius 2 is 2.28 bits per heavy atom. The van der Waals surface area contributed by atoms with E-state index in [2.05, 4.69) is 37.7 Å². The Labute approximate surface area is 117 Å². The number of sulfonamides is 1. The molecule has 0 saturated carbocycles. The summed E-state index contributed by atoms with van der Waals surface area (Å²) < 4.78 is 25.8. The van der Waals surface area contributed by atoms with Gasteiger partial charge in [0.2, 0.25) is 10.0 Å². The van der Waals surface area contributed by atoms with Crippen LogP contribution in [0.2, 0.25) is 0 Å². The highest BCUT2D eigenvalue weighted by Gasteiger charge is 2.23. The zero-order chi connectivity index (χ0) is 13.2. The normalized spacial score (nSPS) is 20.3. The van der Waals surface area contributed by atoms with Gasteiger partial charge in [0.25, 0.3) is 0 Å². The lowest BCUT2D eigenvalue weighted by atomic mass is 10.1. The molecular formula is C12H17BrN2O2S. The van der Waals surface area contributed by atoms with Gasteiger partial charge in [-0.1, -0.05) is 22.0 Å². The van der Waals surface area contributed by atoms with Crippen molar-refractivity contribution >= 4 is 31.6 Å². The monoisotopic (exact) mass is 332 g/mol. The van der Waals surface area contributed by atoms with Gasteiger partial charge in [-0.05, 0) is 30.5 Å². The van der Waals surface area contributed by atoms with Crippen molar-refractivity contribution in [3.63, 3.8) is 0 Å². The quantitative estimate of drug-likeness (QED) is 0.915. The van der Waals surface area contributed by atoms with Gasteiger partial charge in [0, 0.05) is 29.8 Å². The molecule has 4 nitrogen and oxygen atoms in total. The summed E-state index contributed by atoms with van der Waals surface area (Å²) in [7, 11) is -3.08. The highest BCUT2D eigenvalue weighted by atomic mass is 79.9. The van der Waals surface area contributed by atoms with E-state index in [0.717, 1.165) is 24.0 Å². The van der Waals surface area contributed by atoms with Crippen LogP contribution in [0.25, 0.3) is 0 Å². The smallest absolute Gasteiger partial charge is 0.208 e. The molecule has 1 unspecified atom stereocenters. The fourth-order valence-electron chi connectivity index (χ4n) is 2.18. The molecule has 0 aromatic heterocycles. The summed E-state index contributed by atoms with van der Waals surface area (Å²) in [5, 5.41) is 0. The molecule has 0 amide bonds. The van der Waals surface area contributed by atoms with Crippen LogP contribution in [-0.2, 0) is 10.0 Å². The van der Waals surface area contributed by atoms with Crippen LogP contribution in [0.3, 0.4) is 0 Å². The summed E-state index contributed by atoms with van der Waals surface area (Å²) in [5.41, 5.74) is 1.19. The number of hydrogen-bond acceptors (Lipinski definition) is 3. The predicted octanol–water partition coefficient (Wildman–Crippen LogP) is 1.82. The minimum absolute atomic E-state index is 0.388. The number of halogens is 1. The maximum absolute atomic E-state index is 11.1. The first-order valence-electron chi connectivity index (χ1n) is 5.89. The number of nitrogens with one attached hydrogen (secondary N) is 1. The van der Waals surface area contributed by atoms with E-state index in [1.165, 1.54) is 11.9 Å². The van der Waals surface area contributed by atoms with E-state index in [9.17, 15) is 8.42 Å². The number of hydrogen-bond donors (Lipinski definition) is 1. The van der Waals surface area contributed by atoms with E-state index in [4.69, 9.17) is 0 Å². The average molecular weight is 333 g/mol. The largest absolute Gasteiger partial charge is 0.371 e. The molecular weight excluding hydrogens is 316 g/mol. The summed E-state index contributed by atoms with van der Waals surface area (Å²) in [6, 6.07) is 8.19. The summed E-state index contributed by atoms with van der Waals surface area (Å²) in [5.74, 6) is 0.388. The molecule has 2 rings (SSSR count). The zero-order valence-electron chi connectivity index (χ0n) is 10.3. The van der Waals surface area contributed by atoms with Crippen LogP contribution in [0.5, 0.6) is 0 Å². The standard InChI is InChI=1S/C12H17BrN2O2S/c1-18(16,17)14-8-10-5-6-15(9-10)12-4-2-3-11(13)7-12/h2-4,7,10,14H,5-6,8-9H2,1H3. The van der Waals surface area contributed by atoms with Gasteiger partial charge >= 0.3 is 0 Å². The number of nitrogens with zero attached hydrogens (tertiary/aromatic N) is 1. The van der Waals surface area contributed by atoms with Gasteiger partial charge in [0.05, 0.1) is 6.26 Å². The molecule has 1 aliphatic rings. The van der Waals surface area contributed by atoms with E-state index in [-0.39, 0.29) is 0 Å². The van der Waals surface area contributed by atoms with Crippen LogP contribution in [0.1, 0.15) is 6.42 Å². The van der Waals surface area contributed by atoms with Gasteiger partial charge in [0.1, 0.15) is 0 Å². The van der Waals surface area contributed by atoms with E-state index >= 15 is 0 Å². The first-order valence-corrected chi connectivity index (χ1v) is 8.57. The molecule has 0 bridgehead atoms. The van der Waals surface area contributed by atoms with Crippen LogP contribution in [0, 0.1) is 5.92 Å². The molecule has 1 saturated heterocycles. The average Bonchev–Trinajstić information content (AvgIpc) is 2.74. The Hall–Kier alpha value is -0.590. The molecule has 1 fully saturated rings. The van der Waals surface area contributed by atoms with Crippen molar-refractivity contribution in [1.82, 2.24) is 4.72 Å². The Kier molecular flexibility index (Phi) is 4.29. The van der Waals surface area contributed by atoms with Gasteiger partial charge in [-0.3, -0.25) is 0 Å². The molecule has 1 aromatic carbocycles. The first-order chi connectivity index (χ1) is 8.44. The lowest BCUT2D eigenvalue weighted by Gasteiger charge is -2.19. The Balaban J connectivity index is 1.92. The van der Waals surface area contributed by atoms with Crippen molar-refractivity contribution in [2.75, 3.05) is 30.8 Å². The summed E-state index contributed by atoms with van der Waals surface area (Å²) in [4.78, 5) is 2.29. The van der Waals surface area contributed by atoms with Crippen molar-refractivity contribution in [1.29, 1.82) is 0 Å².